The van der Waals surface area contributed by atoms with Crippen molar-refractivity contribution >= 4 is 17.3 Å². The van der Waals surface area contributed by atoms with Crippen LogP contribution >= 0.6 is 11.6 Å². The van der Waals surface area contributed by atoms with Gasteiger partial charge in [-0.1, -0.05) is 24.9 Å². The zero-order valence-electron chi connectivity index (χ0n) is 11.8. The van der Waals surface area contributed by atoms with E-state index in [2.05, 4.69) is 12.2 Å². The van der Waals surface area contributed by atoms with Gasteiger partial charge in [-0.2, -0.15) is 13.2 Å². The lowest BCUT2D eigenvalue weighted by atomic mass is 9.99. The highest BCUT2D eigenvalue weighted by molar-refractivity contribution is 6.30. The monoisotopic (exact) mass is 321 g/mol. The number of hydrogen-bond acceptors (Lipinski definition) is 2. The smallest absolute Gasteiger partial charge is 0.382 e. The Morgan fingerprint density at radius 2 is 2.14 bits per heavy atom. The molecule has 0 saturated carbocycles. The summed E-state index contributed by atoms with van der Waals surface area (Å²) in [5, 5.41) is 3.10. The second-order valence-electron chi connectivity index (χ2n) is 5.33. The van der Waals surface area contributed by atoms with Gasteiger partial charge in [0.2, 0.25) is 0 Å². The minimum absolute atomic E-state index is 0.00224. The van der Waals surface area contributed by atoms with E-state index in [1.165, 1.54) is 12.1 Å². The maximum absolute atomic E-state index is 13.1. The van der Waals surface area contributed by atoms with Crippen molar-refractivity contribution < 1.29 is 17.9 Å². The number of halogens is 4. The van der Waals surface area contributed by atoms with Crippen LogP contribution in [0.4, 0.5) is 18.9 Å². The highest BCUT2D eigenvalue weighted by Crippen LogP contribution is 2.37. The maximum atomic E-state index is 13.1. The number of alkyl halides is 3. The van der Waals surface area contributed by atoms with Crippen molar-refractivity contribution in [2.24, 2.45) is 0 Å². The lowest BCUT2D eigenvalue weighted by Gasteiger charge is -2.31. The Hall–Kier alpha value is -0.940. The van der Waals surface area contributed by atoms with Crippen LogP contribution in [0.25, 0.3) is 0 Å². The zero-order chi connectivity index (χ0) is 15.5. The molecule has 2 rings (SSSR count). The summed E-state index contributed by atoms with van der Waals surface area (Å²) < 4.78 is 44.8. The summed E-state index contributed by atoms with van der Waals surface area (Å²) in [4.78, 5) is 0. The van der Waals surface area contributed by atoms with Crippen molar-refractivity contribution in [2.45, 2.75) is 50.9 Å². The van der Waals surface area contributed by atoms with Crippen LogP contribution in [0.1, 0.15) is 38.2 Å². The van der Waals surface area contributed by atoms with Crippen molar-refractivity contribution in [3.05, 3.63) is 28.8 Å². The number of nitrogens with one attached hydrogen (secondary N) is 1. The number of benzene rings is 1. The predicted molar refractivity (Wildman–Crippen MR) is 77.7 cm³/mol. The third-order valence-corrected chi connectivity index (χ3v) is 3.86. The molecule has 1 aliphatic heterocycles. The first-order valence-electron chi connectivity index (χ1n) is 7.15. The number of anilines is 1. The highest BCUT2D eigenvalue weighted by Gasteiger charge is 2.34. The van der Waals surface area contributed by atoms with Gasteiger partial charge in [0.05, 0.1) is 11.7 Å². The molecule has 0 aromatic heterocycles. The molecule has 0 amide bonds. The molecule has 2 atom stereocenters. The van der Waals surface area contributed by atoms with Gasteiger partial charge >= 0.3 is 6.18 Å². The summed E-state index contributed by atoms with van der Waals surface area (Å²) in [6.07, 6.45) is -0.908. The first-order valence-corrected chi connectivity index (χ1v) is 7.53. The fourth-order valence-electron chi connectivity index (χ4n) is 2.63. The molecule has 0 aliphatic carbocycles. The minimum Gasteiger partial charge on any atom is -0.382 e. The average Bonchev–Trinajstić information content (AvgIpc) is 2.40. The summed E-state index contributed by atoms with van der Waals surface area (Å²) in [6.45, 7) is 2.65. The number of rotatable bonds is 4. The summed E-state index contributed by atoms with van der Waals surface area (Å²) in [5.74, 6) is 0. The molecule has 1 aromatic carbocycles. The van der Waals surface area contributed by atoms with Crippen LogP contribution in [0.15, 0.2) is 18.2 Å². The first kappa shape index (κ1) is 16.4. The molecular formula is C15H19ClF3NO. The van der Waals surface area contributed by atoms with E-state index in [1.54, 1.807) is 0 Å². The van der Waals surface area contributed by atoms with E-state index in [9.17, 15) is 13.2 Å². The lowest BCUT2D eigenvalue weighted by molar-refractivity contribution is -0.137. The number of hydrogen-bond donors (Lipinski definition) is 1. The van der Waals surface area contributed by atoms with Crippen LogP contribution in [0.2, 0.25) is 5.02 Å². The predicted octanol–water partition coefficient (Wildman–Crippen LogP) is 5.12. The summed E-state index contributed by atoms with van der Waals surface area (Å²) in [7, 11) is 0. The molecule has 0 spiro atoms. The van der Waals surface area contributed by atoms with Crippen LogP contribution in [0.5, 0.6) is 0 Å². The van der Waals surface area contributed by atoms with Gasteiger partial charge in [0.1, 0.15) is 0 Å². The molecule has 1 heterocycles. The molecule has 1 aromatic rings. The lowest BCUT2D eigenvalue weighted by Crippen LogP contribution is -2.34. The molecule has 2 unspecified atom stereocenters. The normalized spacial score (nSPS) is 23.1. The van der Waals surface area contributed by atoms with Crippen LogP contribution in [0, 0.1) is 0 Å². The molecule has 118 valence electrons. The van der Waals surface area contributed by atoms with E-state index in [0.29, 0.717) is 13.0 Å². The Labute approximate surface area is 127 Å². The number of ether oxygens (including phenoxy) is 1. The zero-order valence-corrected chi connectivity index (χ0v) is 12.6. The summed E-state index contributed by atoms with van der Waals surface area (Å²) in [5.41, 5.74) is -0.623. The molecule has 0 radical (unpaired) electrons. The van der Waals surface area contributed by atoms with Crippen molar-refractivity contribution in [3.63, 3.8) is 0 Å². The van der Waals surface area contributed by atoms with E-state index in [4.69, 9.17) is 16.3 Å². The fraction of sp³-hybridized carbons (Fsp3) is 0.600. The molecule has 1 fully saturated rings. The Kier molecular flexibility index (Phi) is 5.38. The molecule has 1 aliphatic rings. The van der Waals surface area contributed by atoms with Crippen LogP contribution in [-0.4, -0.2) is 18.8 Å². The molecule has 0 bridgehead atoms. The van der Waals surface area contributed by atoms with E-state index in [0.717, 1.165) is 25.3 Å². The molecule has 21 heavy (non-hydrogen) atoms. The van der Waals surface area contributed by atoms with E-state index >= 15 is 0 Å². The maximum Gasteiger partial charge on any atom is 0.418 e. The third kappa shape index (κ3) is 4.51. The van der Waals surface area contributed by atoms with Crippen molar-refractivity contribution in [1.82, 2.24) is 0 Å². The fourth-order valence-corrected chi connectivity index (χ4v) is 2.80. The van der Waals surface area contributed by atoms with Gasteiger partial charge in [-0.05, 0) is 37.5 Å². The SMILES string of the molecule is CCCC1CC(Nc2ccc(Cl)cc2C(F)(F)F)CCO1. The van der Waals surface area contributed by atoms with Gasteiger partial charge in [0.15, 0.2) is 0 Å². The molecule has 1 saturated heterocycles. The second-order valence-corrected chi connectivity index (χ2v) is 5.77. The molecule has 6 heteroatoms. The molecule has 1 N–H and O–H groups in total. The Morgan fingerprint density at radius 3 is 2.81 bits per heavy atom. The van der Waals surface area contributed by atoms with E-state index < -0.39 is 11.7 Å². The van der Waals surface area contributed by atoms with E-state index in [-0.39, 0.29) is 22.9 Å². The third-order valence-electron chi connectivity index (χ3n) is 3.62. The largest absolute Gasteiger partial charge is 0.418 e. The van der Waals surface area contributed by atoms with Gasteiger partial charge in [0.25, 0.3) is 0 Å². The van der Waals surface area contributed by atoms with E-state index in [1.807, 2.05) is 0 Å². The molecular weight excluding hydrogens is 303 g/mol. The Morgan fingerprint density at radius 1 is 1.38 bits per heavy atom. The Balaban J connectivity index is 2.12. The van der Waals surface area contributed by atoms with Gasteiger partial charge in [-0.15, -0.1) is 0 Å². The molecule has 2 nitrogen and oxygen atoms in total. The average molecular weight is 322 g/mol. The van der Waals surface area contributed by atoms with Gasteiger partial charge in [-0.3, -0.25) is 0 Å². The van der Waals surface area contributed by atoms with Crippen LogP contribution in [-0.2, 0) is 10.9 Å². The highest BCUT2D eigenvalue weighted by atomic mass is 35.5. The van der Waals surface area contributed by atoms with Crippen molar-refractivity contribution in [3.8, 4) is 0 Å². The van der Waals surface area contributed by atoms with Crippen molar-refractivity contribution in [1.29, 1.82) is 0 Å². The summed E-state index contributed by atoms with van der Waals surface area (Å²) >= 11 is 5.68. The Bertz CT molecular complexity index is 476. The minimum atomic E-state index is -4.42. The van der Waals surface area contributed by atoms with Crippen LogP contribution in [0.3, 0.4) is 0 Å². The summed E-state index contributed by atoms with van der Waals surface area (Å²) in [6, 6.07) is 3.84. The van der Waals surface area contributed by atoms with Gasteiger partial charge in [-0.25, -0.2) is 0 Å². The topological polar surface area (TPSA) is 21.3 Å². The van der Waals surface area contributed by atoms with Crippen molar-refractivity contribution in [2.75, 3.05) is 11.9 Å². The quantitative estimate of drug-likeness (QED) is 0.831. The first-order chi connectivity index (χ1) is 9.90. The van der Waals surface area contributed by atoms with Crippen LogP contribution < -0.4 is 5.32 Å². The second kappa shape index (κ2) is 6.88. The standard InChI is InChI=1S/C15H19ClF3NO/c1-2-3-12-9-11(6-7-21-12)20-14-5-4-10(16)8-13(14)15(17,18)19/h4-5,8,11-12,20H,2-3,6-7,9H2,1H3. The van der Waals surface area contributed by atoms with Gasteiger partial charge < -0.3 is 10.1 Å². The van der Waals surface area contributed by atoms with Gasteiger partial charge in [0, 0.05) is 23.4 Å².